The molecule has 2 unspecified atom stereocenters. The van der Waals surface area contributed by atoms with E-state index in [4.69, 9.17) is 4.42 Å². The summed E-state index contributed by atoms with van der Waals surface area (Å²) >= 11 is 1.85. The average Bonchev–Trinajstić information content (AvgIpc) is 3.95. The molecule has 272 valence electrons. The first-order valence-corrected chi connectivity index (χ1v) is 20.3. The predicted molar refractivity (Wildman–Crippen MR) is 237 cm³/mol. The van der Waals surface area contributed by atoms with Gasteiger partial charge in [-0.3, -0.25) is 16.0 Å². The molecule has 1 aliphatic rings. The SMILES string of the molecule is c1ccc(C2NC(c3ccccc3)NC(c3ccc4sc5cc(-c6cccc7c6oc6ccc(-n8c9ccccc9c9ccccc98)cc67)ccc5c4c3)N2)cc1. The molecule has 2 atom stereocenters. The van der Waals surface area contributed by atoms with Crippen molar-refractivity contribution in [2.45, 2.75) is 18.5 Å². The second kappa shape index (κ2) is 13.0. The highest BCUT2D eigenvalue weighted by molar-refractivity contribution is 7.25. The Kier molecular flexibility index (Phi) is 7.46. The number of aromatic nitrogens is 1. The number of para-hydroxylation sites is 3. The molecule has 11 aromatic rings. The van der Waals surface area contributed by atoms with Crippen LogP contribution in [0.15, 0.2) is 186 Å². The number of benzene rings is 8. The molecule has 1 aliphatic heterocycles. The molecule has 5 nitrogen and oxygen atoms in total. The summed E-state index contributed by atoms with van der Waals surface area (Å²) in [5, 5.41) is 18.8. The molecule has 1 saturated heterocycles. The highest BCUT2D eigenvalue weighted by Crippen LogP contribution is 2.42. The van der Waals surface area contributed by atoms with Crippen LogP contribution in [0.2, 0.25) is 0 Å². The lowest BCUT2D eigenvalue weighted by atomic mass is 10.00. The minimum atomic E-state index is -0.0542. The van der Waals surface area contributed by atoms with E-state index in [2.05, 4.69) is 203 Å². The van der Waals surface area contributed by atoms with Gasteiger partial charge in [0.25, 0.3) is 0 Å². The smallest absolute Gasteiger partial charge is 0.143 e. The molecule has 3 aromatic heterocycles. The normalized spacial score (nSPS) is 17.4. The number of nitrogens with one attached hydrogen (secondary N) is 3. The highest BCUT2D eigenvalue weighted by atomic mass is 32.1. The van der Waals surface area contributed by atoms with Crippen molar-refractivity contribution in [1.29, 1.82) is 0 Å². The van der Waals surface area contributed by atoms with Gasteiger partial charge in [-0.1, -0.05) is 133 Å². The number of furan rings is 1. The van der Waals surface area contributed by atoms with Gasteiger partial charge in [0.15, 0.2) is 0 Å². The van der Waals surface area contributed by atoms with E-state index in [1.54, 1.807) is 0 Å². The van der Waals surface area contributed by atoms with Gasteiger partial charge in [0.05, 0.1) is 29.5 Å². The maximum absolute atomic E-state index is 6.70. The molecule has 0 bridgehead atoms. The lowest BCUT2D eigenvalue weighted by molar-refractivity contribution is 0.203. The molecule has 0 spiro atoms. The number of nitrogens with zero attached hydrogens (tertiary/aromatic N) is 1. The Hall–Kier alpha value is -6.54. The zero-order valence-corrected chi connectivity index (χ0v) is 31.6. The van der Waals surface area contributed by atoms with Gasteiger partial charge in [0.1, 0.15) is 11.2 Å². The first-order valence-electron chi connectivity index (χ1n) is 19.5. The van der Waals surface area contributed by atoms with Gasteiger partial charge in [-0.05, 0) is 70.8 Å². The third-order valence-electron chi connectivity index (χ3n) is 11.7. The van der Waals surface area contributed by atoms with Crippen molar-refractivity contribution in [1.82, 2.24) is 20.5 Å². The Morgan fingerprint density at radius 1 is 0.421 bits per heavy atom. The summed E-state index contributed by atoms with van der Waals surface area (Å²) in [5.41, 5.74) is 11.2. The van der Waals surface area contributed by atoms with E-state index in [1.807, 2.05) is 11.3 Å². The van der Waals surface area contributed by atoms with Crippen LogP contribution in [-0.4, -0.2) is 4.57 Å². The summed E-state index contributed by atoms with van der Waals surface area (Å²) in [5.74, 6) is 0. The third-order valence-corrected chi connectivity index (χ3v) is 12.9. The van der Waals surface area contributed by atoms with Crippen molar-refractivity contribution in [2.24, 2.45) is 0 Å². The Balaban J connectivity index is 0.919. The molecule has 1 fully saturated rings. The van der Waals surface area contributed by atoms with E-state index in [0.29, 0.717) is 0 Å². The van der Waals surface area contributed by atoms with Crippen molar-refractivity contribution in [3.8, 4) is 16.8 Å². The van der Waals surface area contributed by atoms with Gasteiger partial charge in [-0.25, -0.2) is 0 Å². The fourth-order valence-electron chi connectivity index (χ4n) is 9.01. The van der Waals surface area contributed by atoms with Crippen LogP contribution in [0.1, 0.15) is 35.2 Å². The summed E-state index contributed by atoms with van der Waals surface area (Å²) < 4.78 is 11.6. The van der Waals surface area contributed by atoms with Crippen LogP contribution in [0, 0.1) is 0 Å². The largest absolute Gasteiger partial charge is 0.455 e. The molecule has 57 heavy (non-hydrogen) atoms. The van der Waals surface area contributed by atoms with Crippen LogP contribution in [0.4, 0.5) is 0 Å². The molecule has 6 heteroatoms. The third kappa shape index (κ3) is 5.34. The van der Waals surface area contributed by atoms with Crippen molar-refractivity contribution < 1.29 is 4.42 Å². The van der Waals surface area contributed by atoms with Crippen molar-refractivity contribution >= 4 is 75.3 Å². The summed E-state index contributed by atoms with van der Waals surface area (Å²) in [7, 11) is 0. The highest BCUT2D eigenvalue weighted by Gasteiger charge is 2.30. The number of thiophene rings is 1. The lowest BCUT2D eigenvalue weighted by Crippen LogP contribution is -2.54. The summed E-state index contributed by atoms with van der Waals surface area (Å²) in [4.78, 5) is 0. The Labute approximate surface area is 332 Å². The average molecular weight is 753 g/mol. The van der Waals surface area contributed by atoms with Crippen molar-refractivity contribution in [3.05, 3.63) is 199 Å². The van der Waals surface area contributed by atoms with Crippen LogP contribution in [-0.2, 0) is 0 Å². The molecule has 0 aliphatic carbocycles. The van der Waals surface area contributed by atoms with E-state index in [0.717, 1.165) is 38.8 Å². The van der Waals surface area contributed by atoms with Crippen LogP contribution in [0.3, 0.4) is 0 Å². The monoisotopic (exact) mass is 752 g/mol. The van der Waals surface area contributed by atoms with Crippen molar-refractivity contribution in [3.63, 3.8) is 0 Å². The summed E-state index contributed by atoms with van der Waals surface area (Å²) in [6, 6.07) is 65.5. The molecule has 0 radical (unpaired) electrons. The van der Waals surface area contributed by atoms with E-state index in [9.17, 15) is 0 Å². The fourth-order valence-corrected chi connectivity index (χ4v) is 10.1. The standard InChI is InChI=1S/C51H36N4OS/c1-3-12-31(13-4-1)49-52-50(32-14-5-2-6-15-32)54-51(53-49)34-23-27-46-42(28-34)39-25-22-33(29-47(39)57-46)36-18-11-19-40-41-30-35(24-26-45(41)56-48(36)40)55-43-20-9-7-16-37(43)38-17-8-10-21-44(38)55/h1-30,49-54H. The first kappa shape index (κ1) is 32.7. The zero-order valence-electron chi connectivity index (χ0n) is 30.8. The maximum Gasteiger partial charge on any atom is 0.143 e. The zero-order chi connectivity index (χ0) is 37.5. The summed E-state index contributed by atoms with van der Waals surface area (Å²) in [6.07, 6.45) is -0.0795. The Bertz CT molecular complexity index is 3210. The van der Waals surface area contributed by atoms with E-state index < -0.39 is 0 Å². The van der Waals surface area contributed by atoms with Crippen LogP contribution in [0.5, 0.6) is 0 Å². The minimum absolute atomic E-state index is 0.0127. The topological polar surface area (TPSA) is 54.2 Å². The van der Waals surface area contributed by atoms with Gasteiger partial charge in [-0.15, -0.1) is 11.3 Å². The molecule has 0 saturated carbocycles. The quantitative estimate of drug-likeness (QED) is 0.164. The van der Waals surface area contributed by atoms with Gasteiger partial charge in [-0.2, -0.15) is 0 Å². The van der Waals surface area contributed by atoms with Crippen molar-refractivity contribution in [2.75, 3.05) is 0 Å². The van der Waals surface area contributed by atoms with Gasteiger partial charge in [0, 0.05) is 53.0 Å². The number of fused-ring (bicyclic) bond motifs is 9. The first-order chi connectivity index (χ1) is 28.2. The number of rotatable bonds is 5. The van der Waals surface area contributed by atoms with Gasteiger partial charge in [0.2, 0.25) is 0 Å². The molecular weight excluding hydrogens is 717 g/mol. The molecule has 3 N–H and O–H groups in total. The molecular formula is C51H36N4OS. The second-order valence-electron chi connectivity index (χ2n) is 15.0. The minimum Gasteiger partial charge on any atom is -0.455 e. The Morgan fingerprint density at radius 2 is 1.05 bits per heavy atom. The van der Waals surface area contributed by atoms with Gasteiger partial charge < -0.3 is 8.98 Å². The van der Waals surface area contributed by atoms with E-state index in [-0.39, 0.29) is 18.5 Å². The van der Waals surface area contributed by atoms with E-state index >= 15 is 0 Å². The Morgan fingerprint density at radius 3 is 1.75 bits per heavy atom. The molecule has 12 rings (SSSR count). The molecule has 4 heterocycles. The van der Waals surface area contributed by atoms with Crippen LogP contribution < -0.4 is 16.0 Å². The molecule has 0 amide bonds. The number of hydrogen-bond acceptors (Lipinski definition) is 5. The lowest BCUT2D eigenvalue weighted by Gasteiger charge is -2.39. The van der Waals surface area contributed by atoms with Crippen LogP contribution in [0.25, 0.3) is 80.7 Å². The van der Waals surface area contributed by atoms with Crippen LogP contribution >= 0.6 is 11.3 Å². The predicted octanol–water partition coefficient (Wildman–Crippen LogP) is 12.9. The molecule has 8 aromatic carbocycles. The fraction of sp³-hybridized carbons (Fsp3) is 0.0588. The maximum atomic E-state index is 6.70. The summed E-state index contributed by atoms with van der Waals surface area (Å²) in [6.45, 7) is 0. The number of hydrogen-bond donors (Lipinski definition) is 3. The van der Waals surface area contributed by atoms with Gasteiger partial charge >= 0.3 is 0 Å². The van der Waals surface area contributed by atoms with E-state index in [1.165, 1.54) is 58.7 Å². The second-order valence-corrected chi connectivity index (χ2v) is 16.1.